The van der Waals surface area contributed by atoms with Crippen LogP contribution >= 0.6 is 0 Å². The van der Waals surface area contributed by atoms with Crippen LogP contribution in [0.2, 0.25) is 0 Å². The number of nitrogens with two attached hydrogens (primary N) is 1. The first-order chi connectivity index (χ1) is 18.5. The Hall–Kier alpha value is -3.18. The number of hydrogen-bond donors (Lipinski definition) is 5. The maximum absolute atomic E-state index is 14.0. The molecule has 0 radical (unpaired) electrons. The molecule has 4 aliphatic rings. The summed E-state index contributed by atoms with van der Waals surface area (Å²) in [6.45, 7) is 9.72. The molecule has 5 atom stereocenters. The van der Waals surface area contributed by atoms with Crippen molar-refractivity contribution in [2.75, 3.05) is 6.54 Å². The van der Waals surface area contributed by atoms with Gasteiger partial charge in [-0.3, -0.25) is 19.2 Å². The number of fused-ring (bicyclic) bond motifs is 1. The highest BCUT2D eigenvalue weighted by Crippen LogP contribution is 2.65. The zero-order valence-corrected chi connectivity index (χ0v) is 24.0. The number of ketones is 1. The molecule has 1 saturated heterocycles. The van der Waals surface area contributed by atoms with E-state index >= 15 is 0 Å². The van der Waals surface area contributed by atoms with Gasteiger partial charge in [-0.15, -0.1) is 0 Å². The van der Waals surface area contributed by atoms with Crippen LogP contribution in [0.5, 0.6) is 0 Å². The van der Waals surface area contributed by atoms with E-state index in [0.29, 0.717) is 45.1 Å². The summed E-state index contributed by atoms with van der Waals surface area (Å²) in [7, 11) is 0. The van der Waals surface area contributed by atoms with Crippen molar-refractivity contribution in [3.05, 3.63) is 0 Å². The Morgan fingerprint density at radius 1 is 0.975 bits per heavy atom. The minimum absolute atomic E-state index is 0.0605. The lowest BCUT2D eigenvalue weighted by Gasteiger charge is -2.39. The number of urea groups is 1. The van der Waals surface area contributed by atoms with Crippen LogP contribution in [0.4, 0.5) is 4.79 Å². The first-order valence-corrected chi connectivity index (χ1v) is 14.3. The third-order valence-corrected chi connectivity index (χ3v) is 9.53. The van der Waals surface area contributed by atoms with Gasteiger partial charge in [0.05, 0.1) is 0 Å². The first-order valence-electron chi connectivity index (χ1n) is 14.3. The van der Waals surface area contributed by atoms with E-state index in [4.69, 9.17) is 5.73 Å². The number of carboxylic acids is 1. The van der Waals surface area contributed by atoms with E-state index in [9.17, 15) is 33.9 Å². The summed E-state index contributed by atoms with van der Waals surface area (Å²) in [5.41, 5.74) is 2.88. The van der Waals surface area contributed by atoms with Gasteiger partial charge in [0.2, 0.25) is 17.6 Å². The molecule has 40 heavy (non-hydrogen) atoms. The maximum atomic E-state index is 14.0. The van der Waals surface area contributed by atoms with Gasteiger partial charge in [-0.05, 0) is 54.3 Å². The molecule has 3 aliphatic carbocycles. The molecule has 222 valence electrons. The third kappa shape index (κ3) is 5.54. The fraction of sp³-hybridized carbons (Fsp3) is 0.786. The van der Waals surface area contributed by atoms with Crippen molar-refractivity contribution in [3.8, 4) is 0 Å². The molecule has 0 spiro atoms. The largest absolute Gasteiger partial charge is 0.480 e. The zero-order valence-electron chi connectivity index (χ0n) is 24.0. The molecule has 4 rings (SSSR count). The Bertz CT molecular complexity index is 1100. The molecule has 0 aromatic rings. The first kappa shape index (κ1) is 29.8. The van der Waals surface area contributed by atoms with Crippen LogP contribution in [0.25, 0.3) is 0 Å². The highest BCUT2D eigenvalue weighted by Gasteiger charge is 2.70. The lowest BCUT2D eigenvalue weighted by Crippen LogP contribution is -2.64. The lowest BCUT2D eigenvalue weighted by molar-refractivity contribution is -0.146. The number of piperidine rings is 1. The highest BCUT2D eigenvalue weighted by molar-refractivity contribution is 6.38. The van der Waals surface area contributed by atoms with Crippen LogP contribution in [0.3, 0.4) is 0 Å². The van der Waals surface area contributed by atoms with Gasteiger partial charge in [-0.2, -0.15) is 0 Å². The van der Waals surface area contributed by atoms with E-state index in [1.54, 1.807) is 20.8 Å². The SMILES string of the molecule is CC(C)(C)[C@H](NC(=O)NC1(C(=O)O)CCCCC1)C(=O)N1C[C@H]2[C@@H]([C@H]1C(=O)NC(C(=O)C(N)=O)C1CC1)C2(C)C. The van der Waals surface area contributed by atoms with Gasteiger partial charge in [-0.1, -0.05) is 53.9 Å². The molecule has 0 bridgehead atoms. The Kier molecular flexibility index (Phi) is 7.70. The van der Waals surface area contributed by atoms with Crippen LogP contribution < -0.4 is 21.7 Å². The van der Waals surface area contributed by atoms with Crippen molar-refractivity contribution < 1.29 is 33.9 Å². The normalized spacial score (nSPS) is 27.9. The minimum Gasteiger partial charge on any atom is -0.480 e. The molecule has 6 N–H and O–H groups in total. The van der Waals surface area contributed by atoms with Gasteiger partial charge < -0.3 is 31.7 Å². The van der Waals surface area contributed by atoms with E-state index in [2.05, 4.69) is 16.0 Å². The maximum Gasteiger partial charge on any atom is 0.329 e. The Morgan fingerprint density at radius 2 is 1.57 bits per heavy atom. The monoisotopic (exact) mass is 561 g/mol. The van der Waals surface area contributed by atoms with Crippen LogP contribution in [-0.2, 0) is 24.0 Å². The quantitative estimate of drug-likeness (QED) is 0.259. The van der Waals surface area contributed by atoms with Crippen molar-refractivity contribution in [1.29, 1.82) is 0 Å². The molecule has 0 aromatic carbocycles. The standard InChI is InChI=1S/C28H43N5O7/c1-26(2,3)20(31-25(40)32-28(24(38)39)11-7-6-8-12-28)23(37)33-13-15-16(27(15,4)5)18(33)22(36)30-17(14-9-10-14)19(34)21(29)35/h14-18,20H,6-13H2,1-5H3,(H2,29,35)(H,30,36)(H,38,39)(H2,31,32,40)/t15-,16-,17?,18-,20+/m0/s1. The molecular formula is C28H43N5O7. The molecule has 12 heteroatoms. The fourth-order valence-electron chi connectivity index (χ4n) is 6.78. The number of nitrogens with one attached hydrogen (secondary N) is 3. The van der Waals surface area contributed by atoms with Crippen molar-refractivity contribution in [3.63, 3.8) is 0 Å². The second-order valence-electron chi connectivity index (χ2n) is 13.8. The van der Waals surface area contributed by atoms with Crippen molar-refractivity contribution in [1.82, 2.24) is 20.9 Å². The number of carboxylic acid groups (broad SMARTS) is 1. The van der Waals surface area contributed by atoms with Gasteiger partial charge in [0.15, 0.2) is 0 Å². The van der Waals surface area contributed by atoms with Gasteiger partial charge in [0.25, 0.3) is 5.91 Å². The summed E-state index contributed by atoms with van der Waals surface area (Å²) in [5, 5.41) is 17.9. The second-order valence-corrected chi connectivity index (χ2v) is 13.8. The number of Topliss-reactive ketones (excluding diaryl/α,β-unsaturated/α-hetero) is 1. The number of primary amides is 1. The van der Waals surface area contributed by atoms with Crippen LogP contribution in [0.1, 0.15) is 79.6 Å². The Balaban J connectivity index is 1.54. The molecule has 4 fully saturated rings. The number of likely N-dealkylation sites (tertiary alicyclic amines) is 1. The molecule has 5 amide bonds. The van der Waals surface area contributed by atoms with Gasteiger partial charge >= 0.3 is 12.0 Å². The summed E-state index contributed by atoms with van der Waals surface area (Å²) in [6, 6.07) is -3.70. The minimum atomic E-state index is -1.39. The fourth-order valence-corrected chi connectivity index (χ4v) is 6.78. The average molecular weight is 562 g/mol. The lowest BCUT2D eigenvalue weighted by atomic mass is 9.81. The second kappa shape index (κ2) is 10.3. The molecule has 1 unspecified atom stereocenters. The summed E-state index contributed by atoms with van der Waals surface area (Å²) >= 11 is 0. The third-order valence-electron chi connectivity index (χ3n) is 9.53. The molecule has 1 heterocycles. The number of nitrogens with zero attached hydrogens (tertiary/aromatic N) is 1. The zero-order chi connectivity index (χ0) is 29.8. The Labute approximate surface area is 234 Å². The van der Waals surface area contributed by atoms with Crippen molar-refractivity contribution in [2.24, 2.45) is 34.3 Å². The van der Waals surface area contributed by atoms with E-state index in [1.165, 1.54) is 4.90 Å². The molecule has 3 saturated carbocycles. The predicted octanol–water partition coefficient (Wildman–Crippen LogP) is 0.920. The smallest absolute Gasteiger partial charge is 0.329 e. The summed E-state index contributed by atoms with van der Waals surface area (Å²) in [5.74, 6) is -4.27. The summed E-state index contributed by atoms with van der Waals surface area (Å²) < 4.78 is 0. The van der Waals surface area contributed by atoms with E-state index in [0.717, 1.165) is 6.42 Å². The number of carbonyl (C=O) groups is 6. The molecule has 12 nitrogen and oxygen atoms in total. The van der Waals surface area contributed by atoms with Gasteiger partial charge in [-0.25, -0.2) is 9.59 Å². The summed E-state index contributed by atoms with van der Waals surface area (Å²) in [4.78, 5) is 78.4. The number of hydrogen-bond acceptors (Lipinski definition) is 6. The predicted molar refractivity (Wildman–Crippen MR) is 143 cm³/mol. The van der Waals surface area contributed by atoms with E-state index < -0.39 is 64.6 Å². The van der Waals surface area contributed by atoms with Gasteiger partial charge in [0.1, 0.15) is 23.7 Å². The van der Waals surface area contributed by atoms with Gasteiger partial charge in [0, 0.05) is 6.54 Å². The summed E-state index contributed by atoms with van der Waals surface area (Å²) in [6.07, 6.45) is 4.25. The molecule has 1 aliphatic heterocycles. The van der Waals surface area contributed by atoms with Crippen LogP contribution in [0.15, 0.2) is 0 Å². The number of rotatable bonds is 9. The molecular weight excluding hydrogens is 518 g/mol. The van der Waals surface area contributed by atoms with Crippen molar-refractivity contribution >= 4 is 35.5 Å². The average Bonchev–Trinajstić information content (AvgIpc) is 3.73. The van der Waals surface area contributed by atoms with Crippen molar-refractivity contribution in [2.45, 2.75) is 103 Å². The molecule has 0 aromatic heterocycles. The topological polar surface area (TPSA) is 188 Å². The Morgan fingerprint density at radius 3 is 2.08 bits per heavy atom. The van der Waals surface area contributed by atoms with Crippen LogP contribution in [-0.4, -0.2) is 75.7 Å². The highest BCUT2D eigenvalue weighted by atomic mass is 16.4. The van der Waals surface area contributed by atoms with E-state index in [-0.39, 0.29) is 23.2 Å². The van der Waals surface area contributed by atoms with E-state index in [1.807, 2.05) is 13.8 Å². The number of aliphatic carboxylic acids is 1. The number of carbonyl (C=O) groups excluding carboxylic acids is 5. The number of amides is 5. The van der Waals surface area contributed by atoms with Crippen LogP contribution in [0, 0.1) is 28.6 Å².